The quantitative estimate of drug-likeness (QED) is 0.549. The Bertz CT molecular complexity index is 752. The molecule has 8 nitrogen and oxygen atoms in total. The van der Waals surface area contributed by atoms with Crippen molar-refractivity contribution in [2.75, 3.05) is 13.1 Å². The fourth-order valence-electron chi connectivity index (χ4n) is 2.00. The van der Waals surface area contributed by atoms with Crippen LogP contribution < -0.4 is 16.0 Å². The van der Waals surface area contributed by atoms with Crippen LogP contribution in [0.15, 0.2) is 18.2 Å². The van der Waals surface area contributed by atoms with Crippen LogP contribution in [0.5, 0.6) is 0 Å². The number of carbonyl (C=O) groups excluding carboxylic acids is 4. The molecule has 3 amide bonds. The average Bonchev–Trinajstić information content (AvgIpc) is 3.41. The molecule has 146 valence electrons. The smallest absolute Gasteiger partial charge is 0.326 e. The molecule has 0 bridgehead atoms. The average molecular weight is 416 g/mol. The van der Waals surface area contributed by atoms with E-state index in [0.717, 1.165) is 12.8 Å². The number of nitrogens with one attached hydrogen (secondary N) is 3. The highest BCUT2D eigenvalue weighted by molar-refractivity contribution is 6.36. The topological polar surface area (TPSA) is 114 Å². The van der Waals surface area contributed by atoms with Gasteiger partial charge in [-0.1, -0.05) is 23.2 Å². The second-order valence-electron chi connectivity index (χ2n) is 6.00. The molecule has 1 fully saturated rings. The third kappa shape index (κ3) is 7.07. The van der Waals surface area contributed by atoms with Crippen LogP contribution in [0.2, 0.25) is 10.0 Å². The van der Waals surface area contributed by atoms with Crippen molar-refractivity contribution in [3.63, 3.8) is 0 Å². The lowest BCUT2D eigenvalue weighted by Gasteiger charge is -2.13. The van der Waals surface area contributed by atoms with Gasteiger partial charge in [-0.05, 0) is 38.0 Å². The minimum Gasteiger partial charge on any atom is -0.451 e. The molecule has 0 radical (unpaired) electrons. The van der Waals surface area contributed by atoms with Gasteiger partial charge in [0, 0.05) is 11.1 Å². The second-order valence-corrected chi connectivity index (χ2v) is 6.84. The zero-order valence-corrected chi connectivity index (χ0v) is 16.0. The van der Waals surface area contributed by atoms with Crippen LogP contribution in [0.4, 0.5) is 0 Å². The van der Waals surface area contributed by atoms with E-state index >= 15 is 0 Å². The Hall–Kier alpha value is -2.32. The van der Waals surface area contributed by atoms with Gasteiger partial charge in [0.15, 0.2) is 6.10 Å². The first-order chi connectivity index (χ1) is 12.8. The van der Waals surface area contributed by atoms with Gasteiger partial charge < -0.3 is 20.7 Å². The van der Waals surface area contributed by atoms with E-state index < -0.39 is 30.4 Å². The molecule has 0 unspecified atom stereocenters. The van der Waals surface area contributed by atoms with Gasteiger partial charge in [0.25, 0.3) is 11.8 Å². The molecule has 1 saturated carbocycles. The number of benzene rings is 1. The molecule has 1 atom stereocenters. The molecule has 2 rings (SSSR count). The number of halogens is 2. The Kier molecular flexibility index (Phi) is 7.44. The van der Waals surface area contributed by atoms with Crippen molar-refractivity contribution >= 4 is 46.9 Å². The van der Waals surface area contributed by atoms with E-state index in [9.17, 15) is 19.2 Å². The lowest BCUT2D eigenvalue weighted by atomic mass is 10.2. The van der Waals surface area contributed by atoms with Crippen molar-refractivity contribution in [1.29, 1.82) is 0 Å². The summed E-state index contributed by atoms with van der Waals surface area (Å²) >= 11 is 11.7. The summed E-state index contributed by atoms with van der Waals surface area (Å²) in [5, 5.41) is 7.92. The van der Waals surface area contributed by atoms with Gasteiger partial charge in [0.05, 0.1) is 17.1 Å². The predicted octanol–water partition coefficient (Wildman–Crippen LogP) is 1.05. The lowest BCUT2D eigenvalue weighted by Crippen LogP contribution is -2.42. The highest BCUT2D eigenvalue weighted by atomic mass is 35.5. The van der Waals surface area contributed by atoms with Gasteiger partial charge in [-0.25, -0.2) is 0 Å². The molecular formula is C17H19Cl2N3O5. The van der Waals surface area contributed by atoms with Crippen molar-refractivity contribution < 1.29 is 23.9 Å². The number of hydrogen-bond donors (Lipinski definition) is 3. The predicted molar refractivity (Wildman–Crippen MR) is 98.5 cm³/mol. The Morgan fingerprint density at radius 1 is 1.15 bits per heavy atom. The van der Waals surface area contributed by atoms with Gasteiger partial charge in [0.2, 0.25) is 5.91 Å². The standard InChI is InChI=1S/C17H19Cl2N3O5/c1-9(16(25)22-11-3-4-11)27-15(24)8-20-14(23)7-21-17(26)12-5-2-10(18)6-13(12)19/h2,5-6,9,11H,3-4,7-8H2,1H3,(H,20,23)(H,21,26)(H,22,25)/t9-/m0/s1. The van der Waals surface area contributed by atoms with Crippen LogP contribution in [0.1, 0.15) is 30.1 Å². The van der Waals surface area contributed by atoms with E-state index in [4.69, 9.17) is 27.9 Å². The molecule has 0 heterocycles. The number of hydrogen-bond acceptors (Lipinski definition) is 5. The van der Waals surface area contributed by atoms with Crippen LogP contribution in [0.25, 0.3) is 0 Å². The molecule has 0 saturated heterocycles. The van der Waals surface area contributed by atoms with E-state index in [1.807, 2.05) is 0 Å². The first-order valence-corrected chi connectivity index (χ1v) is 9.01. The molecule has 1 aliphatic rings. The Balaban J connectivity index is 1.68. The van der Waals surface area contributed by atoms with Crippen molar-refractivity contribution in [1.82, 2.24) is 16.0 Å². The monoisotopic (exact) mass is 415 g/mol. The fourth-order valence-corrected chi connectivity index (χ4v) is 2.50. The number of carbonyl (C=O) groups is 4. The molecule has 0 aliphatic heterocycles. The van der Waals surface area contributed by atoms with E-state index in [1.165, 1.54) is 25.1 Å². The minimum atomic E-state index is -0.943. The zero-order valence-electron chi connectivity index (χ0n) is 14.5. The normalized spacial score (nSPS) is 14.0. The van der Waals surface area contributed by atoms with Crippen LogP contribution >= 0.6 is 23.2 Å². The van der Waals surface area contributed by atoms with Crippen molar-refractivity contribution in [2.24, 2.45) is 0 Å². The molecular weight excluding hydrogens is 397 g/mol. The molecule has 1 aliphatic carbocycles. The van der Waals surface area contributed by atoms with E-state index in [-0.39, 0.29) is 29.1 Å². The van der Waals surface area contributed by atoms with Crippen molar-refractivity contribution in [3.05, 3.63) is 33.8 Å². The van der Waals surface area contributed by atoms with Gasteiger partial charge in [-0.2, -0.15) is 0 Å². The second kappa shape index (κ2) is 9.57. The van der Waals surface area contributed by atoms with Crippen LogP contribution in [0.3, 0.4) is 0 Å². The lowest BCUT2D eigenvalue weighted by molar-refractivity contribution is -0.154. The largest absolute Gasteiger partial charge is 0.451 e. The highest BCUT2D eigenvalue weighted by Crippen LogP contribution is 2.20. The summed E-state index contributed by atoms with van der Waals surface area (Å²) in [6.45, 7) is 0.674. The van der Waals surface area contributed by atoms with E-state index in [2.05, 4.69) is 16.0 Å². The Morgan fingerprint density at radius 3 is 2.48 bits per heavy atom. The third-order valence-electron chi connectivity index (χ3n) is 3.62. The Labute approximate surface area is 165 Å². The summed E-state index contributed by atoms with van der Waals surface area (Å²) in [7, 11) is 0. The Morgan fingerprint density at radius 2 is 1.85 bits per heavy atom. The summed E-state index contributed by atoms with van der Waals surface area (Å²) in [5.74, 6) is -2.28. The summed E-state index contributed by atoms with van der Waals surface area (Å²) < 4.78 is 4.93. The minimum absolute atomic E-state index is 0.155. The number of rotatable bonds is 8. The molecule has 0 spiro atoms. The molecule has 0 aromatic heterocycles. The summed E-state index contributed by atoms with van der Waals surface area (Å²) in [6.07, 6.45) is 0.909. The summed E-state index contributed by atoms with van der Waals surface area (Å²) in [6, 6.07) is 4.51. The van der Waals surface area contributed by atoms with Crippen molar-refractivity contribution in [2.45, 2.75) is 31.9 Å². The molecule has 1 aromatic rings. The van der Waals surface area contributed by atoms with Gasteiger partial charge in [-0.15, -0.1) is 0 Å². The third-order valence-corrected chi connectivity index (χ3v) is 4.16. The van der Waals surface area contributed by atoms with Crippen LogP contribution in [0, 0.1) is 0 Å². The first-order valence-electron chi connectivity index (χ1n) is 8.26. The van der Waals surface area contributed by atoms with E-state index in [0.29, 0.717) is 5.02 Å². The van der Waals surface area contributed by atoms with Gasteiger partial charge in [-0.3, -0.25) is 19.2 Å². The maximum Gasteiger partial charge on any atom is 0.326 e. The molecule has 1 aromatic carbocycles. The van der Waals surface area contributed by atoms with Crippen molar-refractivity contribution in [3.8, 4) is 0 Å². The van der Waals surface area contributed by atoms with Gasteiger partial charge >= 0.3 is 5.97 Å². The van der Waals surface area contributed by atoms with E-state index in [1.54, 1.807) is 0 Å². The molecule has 10 heteroatoms. The van der Waals surface area contributed by atoms with Crippen LogP contribution in [-0.2, 0) is 19.1 Å². The van der Waals surface area contributed by atoms with Crippen LogP contribution in [-0.4, -0.2) is 48.9 Å². The molecule has 3 N–H and O–H groups in total. The summed E-state index contributed by atoms with van der Waals surface area (Å²) in [4.78, 5) is 47.1. The fraction of sp³-hybridized carbons (Fsp3) is 0.412. The SMILES string of the molecule is C[C@H](OC(=O)CNC(=O)CNC(=O)c1ccc(Cl)cc1Cl)C(=O)NC1CC1. The maximum atomic E-state index is 12.0. The van der Waals surface area contributed by atoms with Gasteiger partial charge in [0.1, 0.15) is 6.54 Å². The maximum absolute atomic E-state index is 12.0. The molecule has 27 heavy (non-hydrogen) atoms. The summed E-state index contributed by atoms with van der Waals surface area (Å²) in [5.41, 5.74) is 0.170. The number of amides is 3. The number of ether oxygens (including phenoxy) is 1. The highest BCUT2D eigenvalue weighted by Gasteiger charge is 2.27. The first kappa shape index (κ1) is 21.0. The number of esters is 1. The zero-order chi connectivity index (χ0) is 20.0.